The minimum Gasteiger partial charge on any atom is -0.481 e. The van der Waals surface area contributed by atoms with Crippen molar-refractivity contribution in [3.05, 3.63) is 64.2 Å². The molecule has 0 aromatic heterocycles. The number of halogens is 3. The molecule has 2 aromatic rings. The molecule has 2 aliphatic rings. The Morgan fingerprint density at radius 2 is 1.81 bits per heavy atom. The molecule has 164 valence electrons. The smallest absolute Gasteiger partial charge is 0.309 e. The van der Waals surface area contributed by atoms with Crippen molar-refractivity contribution in [3.8, 4) is 0 Å². The van der Waals surface area contributed by atoms with Gasteiger partial charge in [-0.15, -0.1) is 0 Å². The maximum atomic E-state index is 14.7. The van der Waals surface area contributed by atoms with Gasteiger partial charge in [-0.25, -0.2) is 8.78 Å². The minimum absolute atomic E-state index is 0.0129. The van der Waals surface area contributed by atoms with Crippen LogP contribution in [0.1, 0.15) is 55.6 Å². The van der Waals surface area contributed by atoms with Gasteiger partial charge in [0.05, 0.1) is 17.0 Å². The summed E-state index contributed by atoms with van der Waals surface area (Å²) < 4.78 is 29.2. The van der Waals surface area contributed by atoms with Crippen LogP contribution < -0.4 is 5.32 Å². The summed E-state index contributed by atoms with van der Waals surface area (Å²) in [6.45, 7) is 0. The number of amides is 1. The Labute approximate surface area is 184 Å². The number of benzene rings is 2. The van der Waals surface area contributed by atoms with E-state index in [2.05, 4.69) is 5.32 Å². The summed E-state index contributed by atoms with van der Waals surface area (Å²) in [6, 6.07) is 8.53. The van der Waals surface area contributed by atoms with Crippen LogP contribution in [0.5, 0.6) is 0 Å². The van der Waals surface area contributed by atoms with E-state index in [0.29, 0.717) is 18.4 Å². The highest BCUT2D eigenvalue weighted by Gasteiger charge is 2.50. The molecule has 0 bridgehead atoms. The Morgan fingerprint density at radius 1 is 1.10 bits per heavy atom. The molecule has 0 saturated heterocycles. The molecule has 2 N–H and O–H groups in total. The zero-order chi connectivity index (χ0) is 22.2. The number of nitrogens with one attached hydrogen (secondary N) is 1. The van der Waals surface area contributed by atoms with E-state index in [4.69, 9.17) is 11.6 Å². The van der Waals surface area contributed by atoms with Crippen molar-refractivity contribution in [2.75, 3.05) is 5.32 Å². The second-order valence-electron chi connectivity index (χ2n) is 8.75. The molecule has 4 nitrogen and oxygen atoms in total. The van der Waals surface area contributed by atoms with Crippen LogP contribution in [0.25, 0.3) is 0 Å². The quantitative estimate of drug-likeness (QED) is 0.552. The summed E-state index contributed by atoms with van der Waals surface area (Å²) in [5.41, 5.74) is 0.0960. The van der Waals surface area contributed by atoms with Gasteiger partial charge in [-0.1, -0.05) is 36.6 Å². The van der Waals surface area contributed by atoms with Gasteiger partial charge in [0.15, 0.2) is 0 Å². The number of aliphatic carboxylic acids is 1. The lowest BCUT2D eigenvalue weighted by Crippen LogP contribution is -2.28. The third-order valence-corrected chi connectivity index (χ3v) is 6.82. The standard InChI is InChI=1S/C24H24ClF2NO3/c25-16-6-7-17(19(27)12-16)21(15-3-1-2-4-15)22(29)28-20-11-14(5-8-18(20)26)13-24(9-10-24)23(30)31/h5-8,11-12,15,21H,1-4,9-10,13H2,(H,28,29)(H,30,31). The van der Waals surface area contributed by atoms with Gasteiger partial charge >= 0.3 is 5.97 Å². The van der Waals surface area contributed by atoms with Gasteiger partial charge in [0, 0.05) is 10.6 Å². The monoisotopic (exact) mass is 447 g/mol. The molecule has 2 aromatic carbocycles. The zero-order valence-electron chi connectivity index (χ0n) is 17.0. The van der Waals surface area contributed by atoms with Gasteiger partial charge in [-0.3, -0.25) is 9.59 Å². The summed E-state index contributed by atoms with van der Waals surface area (Å²) in [4.78, 5) is 24.7. The van der Waals surface area contributed by atoms with Crippen LogP contribution >= 0.6 is 11.6 Å². The molecule has 1 amide bonds. The number of hydrogen-bond donors (Lipinski definition) is 2. The van der Waals surface area contributed by atoms with Crippen molar-refractivity contribution < 1.29 is 23.5 Å². The maximum absolute atomic E-state index is 14.7. The zero-order valence-corrected chi connectivity index (χ0v) is 17.7. The lowest BCUT2D eigenvalue weighted by molar-refractivity contribution is -0.143. The Kier molecular flexibility index (Phi) is 6.02. The third kappa shape index (κ3) is 4.59. The van der Waals surface area contributed by atoms with Crippen molar-refractivity contribution in [1.82, 2.24) is 0 Å². The van der Waals surface area contributed by atoms with Gasteiger partial charge in [0.1, 0.15) is 11.6 Å². The minimum atomic E-state index is -0.859. The van der Waals surface area contributed by atoms with Crippen molar-refractivity contribution in [3.63, 3.8) is 0 Å². The number of carboxylic acids is 1. The van der Waals surface area contributed by atoms with Crippen molar-refractivity contribution in [2.24, 2.45) is 11.3 Å². The van der Waals surface area contributed by atoms with E-state index >= 15 is 0 Å². The van der Waals surface area contributed by atoms with Crippen molar-refractivity contribution in [2.45, 2.75) is 50.9 Å². The first-order valence-corrected chi connectivity index (χ1v) is 10.9. The Morgan fingerprint density at radius 3 is 2.42 bits per heavy atom. The van der Waals surface area contributed by atoms with E-state index in [1.54, 1.807) is 12.1 Å². The van der Waals surface area contributed by atoms with E-state index in [9.17, 15) is 23.5 Å². The fraction of sp³-hybridized carbons (Fsp3) is 0.417. The van der Waals surface area contributed by atoms with Crippen LogP contribution in [-0.2, 0) is 16.0 Å². The molecule has 0 heterocycles. The van der Waals surface area contributed by atoms with Crippen molar-refractivity contribution in [1.29, 1.82) is 0 Å². The van der Waals surface area contributed by atoms with E-state index in [1.807, 2.05) is 0 Å². The third-order valence-electron chi connectivity index (χ3n) is 6.59. The average molecular weight is 448 g/mol. The highest BCUT2D eigenvalue weighted by molar-refractivity contribution is 6.30. The largest absolute Gasteiger partial charge is 0.481 e. The molecule has 0 aliphatic heterocycles. The number of carboxylic acid groups (broad SMARTS) is 1. The summed E-state index contributed by atoms with van der Waals surface area (Å²) in [6.07, 6.45) is 4.97. The van der Waals surface area contributed by atoms with E-state index < -0.39 is 34.8 Å². The fourth-order valence-electron chi connectivity index (χ4n) is 4.65. The van der Waals surface area contributed by atoms with E-state index in [-0.39, 0.29) is 28.6 Å². The maximum Gasteiger partial charge on any atom is 0.309 e. The number of carbonyl (C=O) groups excluding carboxylic acids is 1. The van der Waals surface area contributed by atoms with E-state index in [0.717, 1.165) is 25.7 Å². The average Bonchev–Trinajstić information content (AvgIpc) is 3.30. The number of hydrogen-bond acceptors (Lipinski definition) is 2. The molecular weight excluding hydrogens is 424 g/mol. The number of anilines is 1. The van der Waals surface area contributed by atoms with Crippen molar-refractivity contribution >= 4 is 29.2 Å². The van der Waals surface area contributed by atoms with Crippen LogP contribution in [0.4, 0.5) is 14.5 Å². The Hall–Kier alpha value is -2.47. The molecule has 0 radical (unpaired) electrons. The predicted molar refractivity (Wildman–Crippen MR) is 114 cm³/mol. The summed E-state index contributed by atoms with van der Waals surface area (Å²) in [7, 11) is 0. The van der Waals surface area contributed by atoms with Crippen LogP contribution in [0.2, 0.25) is 5.02 Å². The molecule has 2 aliphatic carbocycles. The molecule has 31 heavy (non-hydrogen) atoms. The van der Waals surface area contributed by atoms with Crippen LogP contribution in [-0.4, -0.2) is 17.0 Å². The number of rotatable bonds is 7. The second-order valence-corrected chi connectivity index (χ2v) is 9.19. The SMILES string of the molecule is O=C(Nc1cc(CC2(C(=O)O)CC2)ccc1F)C(c1ccc(Cl)cc1F)C1CCCC1. The first kappa shape index (κ1) is 21.8. The highest BCUT2D eigenvalue weighted by Crippen LogP contribution is 2.49. The molecular formula is C24H24ClF2NO3. The second kappa shape index (κ2) is 8.58. The molecule has 1 unspecified atom stereocenters. The Balaban J connectivity index is 1.60. The molecule has 7 heteroatoms. The fourth-order valence-corrected chi connectivity index (χ4v) is 4.81. The predicted octanol–water partition coefficient (Wildman–Crippen LogP) is 5.94. The van der Waals surface area contributed by atoms with Gasteiger partial charge in [-0.2, -0.15) is 0 Å². The van der Waals surface area contributed by atoms with Gasteiger partial charge in [-0.05, 0) is 67.9 Å². The topological polar surface area (TPSA) is 66.4 Å². The molecule has 1 atom stereocenters. The van der Waals surface area contributed by atoms with E-state index in [1.165, 1.54) is 24.3 Å². The first-order valence-electron chi connectivity index (χ1n) is 10.6. The highest BCUT2D eigenvalue weighted by atomic mass is 35.5. The number of carbonyl (C=O) groups is 2. The van der Waals surface area contributed by atoms with Gasteiger partial charge < -0.3 is 10.4 Å². The summed E-state index contributed by atoms with van der Waals surface area (Å²) in [5, 5.41) is 12.3. The Bertz CT molecular complexity index is 1020. The van der Waals surface area contributed by atoms with Crippen LogP contribution in [0, 0.1) is 23.0 Å². The lowest BCUT2D eigenvalue weighted by atomic mass is 9.83. The normalized spacial score (nSPS) is 18.5. The molecule has 2 saturated carbocycles. The van der Waals surface area contributed by atoms with Crippen LogP contribution in [0.15, 0.2) is 36.4 Å². The lowest BCUT2D eigenvalue weighted by Gasteiger charge is -2.24. The molecule has 2 fully saturated rings. The first-order chi connectivity index (χ1) is 14.8. The van der Waals surface area contributed by atoms with Gasteiger partial charge in [0.25, 0.3) is 0 Å². The van der Waals surface area contributed by atoms with Crippen LogP contribution in [0.3, 0.4) is 0 Å². The summed E-state index contributed by atoms with van der Waals surface area (Å²) >= 11 is 5.88. The molecule has 0 spiro atoms. The summed E-state index contributed by atoms with van der Waals surface area (Å²) in [5.74, 6) is -3.28. The molecule has 4 rings (SSSR count). The van der Waals surface area contributed by atoms with Gasteiger partial charge in [0.2, 0.25) is 5.91 Å².